The summed E-state index contributed by atoms with van der Waals surface area (Å²) in [4.78, 5) is 0. The smallest absolute Gasteiger partial charge is 0.168 e. The summed E-state index contributed by atoms with van der Waals surface area (Å²) in [6.07, 6.45) is 5.82. The van der Waals surface area contributed by atoms with Gasteiger partial charge in [-0.2, -0.15) is 0 Å². The van der Waals surface area contributed by atoms with Crippen LogP contribution in [0, 0.1) is 5.92 Å². The van der Waals surface area contributed by atoms with Crippen molar-refractivity contribution in [3.63, 3.8) is 0 Å². The molecule has 3 N–H and O–H groups in total. The molecule has 0 aromatic carbocycles. The van der Waals surface area contributed by atoms with Gasteiger partial charge in [0.2, 0.25) is 0 Å². The van der Waals surface area contributed by atoms with E-state index in [1.807, 2.05) is 6.92 Å². The summed E-state index contributed by atoms with van der Waals surface area (Å²) in [6, 6.07) is 0. The number of oxime groups is 1. The monoisotopic (exact) mass is 200 g/mol. The molecule has 0 spiro atoms. The van der Waals surface area contributed by atoms with Crippen LogP contribution in [0.5, 0.6) is 0 Å². The van der Waals surface area contributed by atoms with Gasteiger partial charge in [0.1, 0.15) is 6.10 Å². The Bertz CT molecular complexity index is 189. The topological polar surface area (TPSA) is 67.8 Å². The summed E-state index contributed by atoms with van der Waals surface area (Å²) >= 11 is 0. The standard InChI is InChI=1S/C10H20N2O2/c1-2-14-9(10(11)12-13)8-6-4-3-5-7-8/h8-9,13H,2-7H2,1H3,(H2,11,12). The van der Waals surface area contributed by atoms with E-state index >= 15 is 0 Å². The van der Waals surface area contributed by atoms with Crippen LogP contribution in [0.4, 0.5) is 0 Å². The predicted molar refractivity (Wildman–Crippen MR) is 55.4 cm³/mol. The molecule has 0 aromatic rings. The van der Waals surface area contributed by atoms with E-state index in [1.54, 1.807) is 0 Å². The number of nitrogens with two attached hydrogens (primary N) is 1. The minimum absolute atomic E-state index is 0.190. The van der Waals surface area contributed by atoms with Gasteiger partial charge in [-0.1, -0.05) is 24.4 Å². The van der Waals surface area contributed by atoms with E-state index in [-0.39, 0.29) is 11.9 Å². The highest BCUT2D eigenvalue weighted by Gasteiger charge is 2.27. The van der Waals surface area contributed by atoms with E-state index in [0.29, 0.717) is 12.5 Å². The molecule has 82 valence electrons. The molecule has 0 heterocycles. The van der Waals surface area contributed by atoms with Crippen LogP contribution in [-0.4, -0.2) is 23.8 Å². The van der Waals surface area contributed by atoms with Crippen molar-refractivity contribution in [2.45, 2.75) is 45.1 Å². The molecule has 14 heavy (non-hydrogen) atoms. The number of nitrogens with zero attached hydrogens (tertiary/aromatic N) is 1. The largest absolute Gasteiger partial charge is 0.409 e. The average Bonchev–Trinajstić information content (AvgIpc) is 2.26. The van der Waals surface area contributed by atoms with Gasteiger partial charge in [-0.25, -0.2) is 0 Å². The van der Waals surface area contributed by atoms with Gasteiger partial charge < -0.3 is 15.7 Å². The van der Waals surface area contributed by atoms with Gasteiger partial charge in [0.15, 0.2) is 5.84 Å². The summed E-state index contributed by atoms with van der Waals surface area (Å²) in [5, 5.41) is 11.7. The third-order valence-corrected chi connectivity index (χ3v) is 2.83. The van der Waals surface area contributed by atoms with E-state index in [9.17, 15) is 0 Å². The third kappa shape index (κ3) is 2.87. The zero-order valence-electron chi connectivity index (χ0n) is 8.78. The Morgan fingerprint density at radius 2 is 2.14 bits per heavy atom. The van der Waals surface area contributed by atoms with Crippen molar-refractivity contribution in [1.82, 2.24) is 0 Å². The lowest BCUT2D eigenvalue weighted by Gasteiger charge is -2.28. The first-order chi connectivity index (χ1) is 6.79. The van der Waals surface area contributed by atoms with Crippen LogP contribution in [-0.2, 0) is 4.74 Å². The predicted octanol–water partition coefficient (Wildman–Crippen LogP) is 1.72. The van der Waals surface area contributed by atoms with Gasteiger partial charge in [-0.15, -0.1) is 0 Å². The summed E-state index contributed by atoms with van der Waals surface area (Å²) in [5.41, 5.74) is 5.61. The lowest BCUT2D eigenvalue weighted by atomic mass is 9.85. The summed E-state index contributed by atoms with van der Waals surface area (Å²) in [5.74, 6) is 0.651. The zero-order chi connectivity index (χ0) is 10.4. The van der Waals surface area contributed by atoms with Crippen molar-refractivity contribution in [2.75, 3.05) is 6.61 Å². The molecule has 1 rings (SSSR count). The van der Waals surface area contributed by atoms with Crippen LogP contribution < -0.4 is 5.73 Å². The number of hydrogen-bond acceptors (Lipinski definition) is 3. The maximum atomic E-state index is 8.65. The van der Waals surface area contributed by atoms with Gasteiger partial charge in [-0.3, -0.25) is 0 Å². The fraction of sp³-hybridized carbons (Fsp3) is 0.900. The molecule has 1 atom stereocenters. The minimum Gasteiger partial charge on any atom is -0.409 e. The molecule has 4 heteroatoms. The Balaban J connectivity index is 2.55. The van der Waals surface area contributed by atoms with E-state index in [4.69, 9.17) is 15.7 Å². The highest BCUT2D eigenvalue weighted by Crippen LogP contribution is 2.28. The molecule has 1 fully saturated rings. The highest BCUT2D eigenvalue weighted by atomic mass is 16.5. The molecule has 0 amide bonds. The second-order valence-electron chi connectivity index (χ2n) is 3.80. The first-order valence-electron chi connectivity index (χ1n) is 5.38. The van der Waals surface area contributed by atoms with Crippen molar-refractivity contribution in [2.24, 2.45) is 16.8 Å². The number of hydrogen-bond donors (Lipinski definition) is 2. The van der Waals surface area contributed by atoms with Gasteiger partial charge >= 0.3 is 0 Å². The minimum atomic E-state index is -0.190. The van der Waals surface area contributed by atoms with E-state index < -0.39 is 0 Å². The fourth-order valence-corrected chi connectivity index (χ4v) is 2.14. The summed E-state index contributed by atoms with van der Waals surface area (Å²) < 4.78 is 5.52. The SMILES string of the molecule is CCOC(C(N)=NO)C1CCCCC1. The van der Waals surface area contributed by atoms with Crippen molar-refractivity contribution in [3.8, 4) is 0 Å². The zero-order valence-corrected chi connectivity index (χ0v) is 8.78. The average molecular weight is 200 g/mol. The van der Waals surface area contributed by atoms with Gasteiger partial charge in [0, 0.05) is 6.61 Å². The van der Waals surface area contributed by atoms with Gasteiger partial charge in [-0.05, 0) is 25.7 Å². The Kier molecular flexibility index (Phi) is 4.73. The molecule has 1 unspecified atom stereocenters. The van der Waals surface area contributed by atoms with E-state index in [0.717, 1.165) is 12.8 Å². The van der Waals surface area contributed by atoms with Crippen molar-refractivity contribution in [3.05, 3.63) is 0 Å². The Morgan fingerprint density at radius 1 is 1.50 bits per heavy atom. The fourth-order valence-electron chi connectivity index (χ4n) is 2.14. The number of ether oxygens (including phenoxy) is 1. The first-order valence-corrected chi connectivity index (χ1v) is 5.38. The molecule has 0 aliphatic heterocycles. The summed E-state index contributed by atoms with van der Waals surface area (Å²) in [7, 11) is 0. The van der Waals surface area contributed by atoms with Crippen molar-refractivity contribution >= 4 is 5.84 Å². The van der Waals surface area contributed by atoms with Crippen LogP contribution in [0.3, 0.4) is 0 Å². The Morgan fingerprint density at radius 3 is 2.64 bits per heavy atom. The van der Waals surface area contributed by atoms with E-state index in [2.05, 4.69) is 5.16 Å². The quantitative estimate of drug-likeness (QED) is 0.314. The lowest BCUT2D eigenvalue weighted by molar-refractivity contribution is 0.0499. The molecule has 1 aliphatic carbocycles. The first kappa shape index (κ1) is 11.3. The van der Waals surface area contributed by atoms with Crippen LogP contribution >= 0.6 is 0 Å². The molecular weight excluding hydrogens is 180 g/mol. The van der Waals surface area contributed by atoms with Gasteiger partial charge in [0.05, 0.1) is 0 Å². The molecule has 0 bridgehead atoms. The van der Waals surface area contributed by atoms with Crippen molar-refractivity contribution in [1.29, 1.82) is 0 Å². The Labute approximate surface area is 85.1 Å². The second kappa shape index (κ2) is 5.86. The molecule has 1 aliphatic rings. The number of amidine groups is 1. The maximum Gasteiger partial charge on any atom is 0.168 e. The molecule has 0 radical (unpaired) electrons. The lowest BCUT2D eigenvalue weighted by Crippen LogP contribution is -2.38. The molecule has 1 saturated carbocycles. The second-order valence-corrected chi connectivity index (χ2v) is 3.80. The van der Waals surface area contributed by atoms with E-state index in [1.165, 1.54) is 19.3 Å². The third-order valence-electron chi connectivity index (χ3n) is 2.83. The molecule has 0 aromatic heterocycles. The number of rotatable bonds is 4. The van der Waals surface area contributed by atoms with Crippen LogP contribution in [0.2, 0.25) is 0 Å². The summed E-state index contributed by atoms with van der Waals surface area (Å²) in [6.45, 7) is 2.54. The highest BCUT2D eigenvalue weighted by molar-refractivity contribution is 5.84. The molecule has 4 nitrogen and oxygen atoms in total. The normalized spacial score (nSPS) is 22.2. The van der Waals surface area contributed by atoms with Crippen molar-refractivity contribution < 1.29 is 9.94 Å². The molecule has 0 saturated heterocycles. The molecular formula is C10H20N2O2. The van der Waals surface area contributed by atoms with Crippen LogP contribution in [0.1, 0.15) is 39.0 Å². The van der Waals surface area contributed by atoms with Gasteiger partial charge in [0.25, 0.3) is 0 Å². The van der Waals surface area contributed by atoms with Crippen LogP contribution in [0.15, 0.2) is 5.16 Å². The van der Waals surface area contributed by atoms with Crippen LogP contribution in [0.25, 0.3) is 0 Å². The maximum absolute atomic E-state index is 8.65. The Hall–Kier alpha value is -0.770.